The Bertz CT molecular complexity index is 1010. The molecule has 0 spiro atoms. The van der Waals surface area contributed by atoms with Crippen molar-refractivity contribution in [3.8, 4) is 0 Å². The third kappa shape index (κ3) is 4.25. The topological polar surface area (TPSA) is 66.5 Å². The second kappa shape index (κ2) is 7.63. The van der Waals surface area contributed by atoms with Gasteiger partial charge in [-0.3, -0.25) is 9.10 Å². The number of rotatable bonds is 3. The minimum atomic E-state index is -4.64. The SMILES string of the molecule is O=C(Nc1ccccc1C(F)(F)F)c1cc(N2CCCCS2(=O)=O)ccc1Cl. The smallest absolute Gasteiger partial charge is 0.321 e. The van der Waals surface area contributed by atoms with Crippen LogP contribution >= 0.6 is 11.6 Å². The van der Waals surface area contributed by atoms with Crippen LogP contribution in [0.4, 0.5) is 24.5 Å². The Labute approximate surface area is 165 Å². The highest BCUT2D eigenvalue weighted by Crippen LogP contribution is 2.35. The van der Waals surface area contributed by atoms with Crippen molar-refractivity contribution in [2.24, 2.45) is 0 Å². The molecular formula is C18H16ClF3N2O3S. The van der Waals surface area contributed by atoms with E-state index in [0.717, 1.165) is 12.1 Å². The number of nitrogens with one attached hydrogen (secondary N) is 1. The number of halogens is 4. The predicted molar refractivity (Wildman–Crippen MR) is 101 cm³/mol. The molecule has 1 saturated heterocycles. The molecule has 1 heterocycles. The first-order chi connectivity index (χ1) is 13.1. The first-order valence-electron chi connectivity index (χ1n) is 8.37. The molecule has 1 fully saturated rings. The van der Waals surface area contributed by atoms with Crippen molar-refractivity contribution in [2.75, 3.05) is 21.9 Å². The summed E-state index contributed by atoms with van der Waals surface area (Å²) in [6, 6.07) is 8.66. The molecule has 0 bridgehead atoms. The van der Waals surface area contributed by atoms with E-state index in [1.54, 1.807) is 0 Å². The van der Waals surface area contributed by atoms with Crippen molar-refractivity contribution in [3.05, 3.63) is 58.6 Å². The summed E-state index contributed by atoms with van der Waals surface area (Å²) < 4.78 is 65.1. The van der Waals surface area contributed by atoms with Crippen LogP contribution in [0.15, 0.2) is 42.5 Å². The molecule has 0 aliphatic carbocycles. The molecular weight excluding hydrogens is 417 g/mol. The molecule has 0 atom stereocenters. The van der Waals surface area contributed by atoms with Gasteiger partial charge in [0.05, 0.1) is 33.3 Å². The highest BCUT2D eigenvalue weighted by molar-refractivity contribution is 7.92. The Morgan fingerprint density at radius 3 is 2.50 bits per heavy atom. The number of hydrogen-bond acceptors (Lipinski definition) is 3. The number of nitrogens with zero attached hydrogens (tertiary/aromatic N) is 1. The van der Waals surface area contributed by atoms with Crippen LogP contribution in [0.2, 0.25) is 5.02 Å². The fraction of sp³-hybridized carbons (Fsp3) is 0.278. The van der Waals surface area contributed by atoms with Gasteiger partial charge in [0.15, 0.2) is 0 Å². The van der Waals surface area contributed by atoms with Gasteiger partial charge in [0, 0.05) is 6.54 Å². The predicted octanol–water partition coefficient (Wildman–Crippen LogP) is 4.54. The lowest BCUT2D eigenvalue weighted by atomic mass is 10.1. The zero-order valence-corrected chi connectivity index (χ0v) is 16.0. The Hall–Kier alpha value is -2.26. The molecule has 10 heteroatoms. The van der Waals surface area contributed by atoms with Gasteiger partial charge in [-0.2, -0.15) is 13.2 Å². The minimum absolute atomic E-state index is 0.000136. The number of benzene rings is 2. The van der Waals surface area contributed by atoms with Gasteiger partial charge in [-0.1, -0.05) is 23.7 Å². The van der Waals surface area contributed by atoms with Crippen molar-refractivity contribution in [1.29, 1.82) is 0 Å². The van der Waals surface area contributed by atoms with Gasteiger partial charge in [-0.05, 0) is 43.2 Å². The summed E-state index contributed by atoms with van der Waals surface area (Å²) in [6.45, 7) is 0.266. The summed E-state index contributed by atoms with van der Waals surface area (Å²) in [5.41, 5.74) is -1.27. The summed E-state index contributed by atoms with van der Waals surface area (Å²) in [6.07, 6.45) is -3.42. The highest BCUT2D eigenvalue weighted by Gasteiger charge is 2.34. The molecule has 28 heavy (non-hydrogen) atoms. The largest absolute Gasteiger partial charge is 0.418 e. The molecule has 0 radical (unpaired) electrons. The number of hydrogen-bond donors (Lipinski definition) is 1. The van der Waals surface area contributed by atoms with Crippen LogP contribution in [0.5, 0.6) is 0 Å². The standard InChI is InChI=1S/C18H16ClF3N2O3S/c19-15-8-7-12(24-9-3-4-10-28(24,26)27)11-13(15)17(25)23-16-6-2-1-5-14(16)18(20,21)22/h1-2,5-8,11H,3-4,9-10H2,(H,23,25). The second-order valence-corrected chi connectivity index (χ2v) is 8.68. The Morgan fingerprint density at radius 2 is 1.82 bits per heavy atom. The lowest BCUT2D eigenvalue weighted by molar-refractivity contribution is -0.136. The van der Waals surface area contributed by atoms with Crippen molar-refractivity contribution in [2.45, 2.75) is 19.0 Å². The number of carbonyl (C=O) groups is 1. The van der Waals surface area contributed by atoms with Crippen molar-refractivity contribution in [3.63, 3.8) is 0 Å². The number of alkyl halides is 3. The molecule has 1 amide bonds. The molecule has 0 saturated carbocycles. The zero-order chi connectivity index (χ0) is 20.5. The summed E-state index contributed by atoms with van der Waals surface area (Å²) in [5.74, 6) is -0.867. The lowest BCUT2D eigenvalue weighted by Crippen LogP contribution is -2.38. The normalized spacial score (nSPS) is 16.6. The number of carbonyl (C=O) groups excluding carboxylic acids is 1. The summed E-state index contributed by atoms with van der Waals surface area (Å²) in [5, 5.41) is 2.21. The number of anilines is 2. The number of para-hydroxylation sites is 1. The molecule has 3 rings (SSSR count). The summed E-state index contributed by atoms with van der Waals surface area (Å²) in [7, 11) is -3.51. The van der Waals surface area contributed by atoms with Gasteiger partial charge < -0.3 is 5.32 Å². The fourth-order valence-electron chi connectivity index (χ4n) is 2.95. The molecule has 0 aromatic heterocycles. The molecule has 2 aromatic rings. The van der Waals surface area contributed by atoms with E-state index in [1.165, 1.54) is 34.6 Å². The first kappa shape index (κ1) is 20.5. The van der Waals surface area contributed by atoms with Gasteiger partial charge in [-0.15, -0.1) is 0 Å². The minimum Gasteiger partial charge on any atom is -0.321 e. The zero-order valence-electron chi connectivity index (χ0n) is 14.5. The third-order valence-corrected chi connectivity index (χ3v) is 6.51. The molecule has 150 valence electrons. The van der Waals surface area contributed by atoms with Crippen LogP contribution in [0.25, 0.3) is 0 Å². The summed E-state index contributed by atoms with van der Waals surface area (Å²) in [4.78, 5) is 12.6. The van der Waals surface area contributed by atoms with Gasteiger partial charge in [-0.25, -0.2) is 8.42 Å². The van der Waals surface area contributed by atoms with Gasteiger partial charge in [0.2, 0.25) is 10.0 Å². The monoisotopic (exact) mass is 432 g/mol. The quantitative estimate of drug-likeness (QED) is 0.774. The average Bonchev–Trinajstić information content (AvgIpc) is 2.61. The van der Waals surface area contributed by atoms with E-state index in [0.29, 0.717) is 12.8 Å². The van der Waals surface area contributed by atoms with Gasteiger partial charge >= 0.3 is 6.18 Å². The molecule has 1 N–H and O–H groups in total. The van der Waals surface area contributed by atoms with Crippen LogP contribution in [-0.2, 0) is 16.2 Å². The third-order valence-electron chi connectivity index (χ3n) is 4.31. The van der Waals surface area contributed by atoms with Crippen molar-refractivity contribution in [1.82, 2.24) is 0 Å². The number of sulfonamides is 1. The fourth-order valence-corrected chi connectivity index (χ4v) is 4.78. The van der Waals surface area contributed by atoms with Crippen LogP contribution in [0.3, 0.4) is 0 Å². The van der Waals surface area contributed by atoms with Crippen LogP contribution in [0, 0.1) is 0 Å². The van der Waals surface area contributed by atoms with E-state index in [1.807, 2.05) is 0 Å². The van der Waals surface area contributed by atoms with Gasteiger partial charge in [0.25, 0.3) is 5.91 Å². The molecule has 2 aromatic carbocycles. The van der Waals surface area contributed by atoms with E-state index in [-0.39, 0.29) is 28.6 Å². The maximum atomic E-state index is 13.1. The molecule has 0 unspecified atom stereocenters. The van der Waals surface area contributed by atoms with Crippen molar-refractivity contribution < 1.29 is 26.4 Å². The molecule has 1 aliphatic heterocycles. The van der Waals surface area contributed by atoms with Crippen LogP contribution in [0.1, 0.15) is 28.8 Å². The maximum absolute atomic E-state index is 13.1. The average molecular weight is 433 g/mol. The van der Waals surface area contributed by atoms with E-state index in [9.17, 15) is 26.4 Å². The van der Waals surface area contributed by atoms with Crippen LogP contribution < -0.4 is 9.62 Å². The molecule has 5 nitrogen and oxygen atoms in total. The Balaban J connectivity index is 1.93. The molecule has 1 aliphatic rings. The van der Waals surface area contributed by atoms with Gasteiger partial charge in [0.1, 0.15) is 0 Å². The van der Waals surface area contributed by atoms with E-state index in [4.69, 9.17) is 11.6 Å². The first-order valence-corrected chi connectivity index (χ1v) is 10.4. The van der Waals surface area contributed by atoms with E-state index < -0.39 is 33.4 Å². The Kier molecular flexibility index (Phi) is 5.58. The van der Waals surface area contributed by atoms with Crippen molar-refractivity contribution >= 4 is 38.9 Å². The highest BCUT2D eigenvalue weighted by atomic mass is 35.5. The lowest BCUT2D eigenvalue weighted by Gasteiger charge is -2.28. The van der Waals surface area contributed by atoms with Crippen LogP contribution in [-0.4, -0.2) is 26.6 Å². The van der Waals surface area contributed by atoms with E-state index >= 15 is 0 Å². The van der Waals surface area contributed by atoms with E-state index in [2.05, 4.69) is 5.32 Å². The number of amides is 1. The second-order valence-electron chi connectivity index (χ2n) is 6.26. The Morgan fingerprint density at radius 1 is 1.11 bits per heavy atom. The summed E-state index contributed by atoms with van der Waals surface area (Å²) >= 11 is 6.05. The maximum Gasteiger partial charge on any atom is 0.418 e.